The Morgan fingerprint density at radius 1 is 0.771 bits per heavy atom. The lowest BCUT2D eigenvalue weighted by molar-refractivity contribution is 0.102. The number of nitrogens with one attached hydrogen (secondary N) is 2. The highest BCUT2D eigenvalue weighted by atomic mass is 32.1. The largest absolute Gasteiger partial charge is 0.360 e. The molecule has 0 bridgehead atoms. The van der Waals surface area contributed by atoms with E-state index in [2.05, 4.69) is 81.4 Å². The maximum absolute atomic E-state index is 13.4. The molecule has 0 unspecified atom stereocenters. The molecule has 0 saturated carbocycles. The average Bonchev–Trinajstić information content (AvgIpc) is 3.26. The van der Waals surface area contributed by atoms with Crippen LogP contribution < -0.4 is 10.6 Å². The predicted octanol–water partition coefficient (Wildman–Crippen LogP) is 9.10. The van der Waals surface area contributed by atoms with Crippen molar-refractivity contribution in [1.82, 2.24) is 10.2 Å². The van der Waals surface area contributed by atoms with Crippen LogP contribution in [-0.4, -0.2) is 22.6 Å². The third-order valence-corrected chi connectivity index (χ3v) is 7.36. The molecule has 0 fully saturated rings. The first-order valence-corrected chi connectivity index (χ1v) is 14.6. The molecule has 0 aliphatic heterocycles. The Labute approximate surface area is 217 Å². The fraction of sp³-hybridized carbons (Fsp3) is 0.690. The van der Waals surface area contributed by atoms with Crippen molar-refractivity contribution in [2.75, 3.05) is 17.2 Å². The van der Waals surface area contributed by atoms with E-state index < -0.39 is 0 Å². The number of rotatable bonds is 16. The molecule has 1 amide bonds. The maximum Gasteiger partial charge on any atom is 0.258 e. The van der Waals surface area contributed by atoms with Gasteiger partial charge in [0.2, 0.25) is 10.3 Å². The topological polar surface area (TPSA) is 66.9 Å². The van der Waals surface area contributed by atoms with Crippen LogP contribution in [0.4, 0.5) is 10.3 Å². The first-order chi connectivity index (χ1) is 16.7. The van der Waals surface area contributed by atoms with Gasteiger partial charge in [0, 0.05) is 12.1 Å². The number of anilines is 2. The van der Waals surface area contributed by atoms with Crippen LogP contribution in [-0.2, 0) is 0 Å². The molecule has 0 saturated heterocycles. The van der Waals surface area contributed by atoms with Crippen molar-refractivity contribution in [3.63, 3.8) is 0 Å². The number of nitrogens with zero attached hydrogens (tertiary/aromatic N) is 2. The first kappa shape index (κ1) is 29.3. The summed E-state index contributed by atoms with van der Waals surface area (Å²) in [5, 5.41) is 16.2. The Hall–Kier alpha value is -1.95. The molecule has 0 aliphatic rings. The van der Waals surface area contributed by atoms with Crippen molar-refractivity contribution in [2.24, 2.45) is 0 Å². The third kappa shape index (κ3) is 9.55. The Balaban J connectivity index is 1.91. The van der Waals surface area contributed by atoms with E-state index in [0.29, 0.717) is 11.0 Å². The van der Waals surface area contributed by atoms with Gasteiger partial charge in [-0.3, -0.25) is 10.1 Å². The zero-order chi connectivity index (χ0) is 25.8. The van der Waals surface area contributed by atoms with Crippen LogP contribution in [0.5, 0.6) is 0 Å². The van der Waals surface area contributed by atoms with Crippen molar-refractivity contribution < 1.29 is 4.79 Å². The summed E-state index contributed by atoms with van der Waals surface area (Å²) in [6.45, 7) is 16.2. The summed E-state index contributed by atoms with van der Waals surface area (Å²) in [6, 6.07) is 4.41. The number of aromatic nitrogens is 2. The monoisotopic (exact) mass is 500 g/mol. The number of amides is 1. The van der Waals surface area contributed by atoms with Gasteiger partial charge in [-0.1, -0.05) is 123 Å². The molecule has 0 atom stereocenters. The summed E-state index contributed by atoms with van der Waals surface area (Å²) in [7, 11) is 0. The molecule has 0 aliphatic carbocycles. The van der Waals surface area contributed by atoms with Crippen LogP contribution in [0.3, 0.4) is 0 Å². The molecule has 196 valence electrons. The van der Waals surface area contributed by atoms with Gasteiger partial charge in [0.15, 0.2) is 0 Å². The van der Waals surface area contributed by atoms with Gasteiger partial charge in [0.05, 0.1) is 0 Å². The minimum absolute atomic E-state index is 0.0886. The molecule has 1 aromatic heterocycles. The zero-order valence-electron chi connectivity index (χ0n) is 23.2. The smallest absolute Gasteiger partial charge is 0.258 e. The lowest BCUT2D eigenvalue weighted by Crippen LogP contribution is -2.19. The summed E-state index contributed by atoms with van der Waals surface area (Å²) < 4.78 is 0. The standard InChI is InChI=1S/C29H48N4OS/c1-8-9-10-11-12-13-14-15-16-17-30-28-32-33-29(35-28)31-27(34)26-24(21(4)5)18-23(20(2)3)19-25(26)22(6)7/h18-22H,8-17H2,1-7H3,(H,30,32)(H,31,33,34). The van der Waals surface area contributed by atoms with Gasteiger partial charge >= 0.3 is 0 Å². The average molecular weight is 501 g/mol. The molecule has 0 radical (unpaired) electrons. The fourth-order valence-corrected chi connectivity index (χ4v) is 5.02. The molecule has 2 rings (SSSR count). The minimum Gasteiger partial charge on any atom is -0.360 e. The van der Waals surface area contributed by atoms with Gasteiger partial charge in [-0.15, -0.1) is 10.2 Å². The number of unbranched alkanes of at least 4 members (excludes halogenated alkanes) is 8. The Morgan fingerprint density at radius 2 is 1.29 bits per heavy atom. The van der Waals surface area contributed by atoms with Crippen LogP contribution in [0.2, 0.25) is 0 Å². The Morgan fingerprint density at radius 3 is 1.80 bits per heavy atom. The summed E-state index contributed by atoms with van der Waals surface area (Å²) in [5.41, 5.74) is 4.28. The predicted molar refractivity (Wildman–Crippen MR) is 152 cm³/mol. The third-order valence-electron chi connectivity index (χ3n) is 6.56. The van der Waals surface area contributed by atoms with Gasteiger partial charge < -0.3 is 5.32 Å². The van der Waals surface area contributed by atoms with Gasteiger partial charge in [-0.2, -0.15) is 0 Å². The van der Waals surface area contributed by atoms with E-state index in [1.807, 2.05) is 0 Å². The SMILES string of the molecule is CCCCCCCCCCCNc1nnc(NC(=O)c2c(C(C)C)cc(C(C)C)cc2C(C)C)s1. The molecule has 35 heavy (non-hydrogen) atoms. The van der Waals surface area contributed by atoms with Crippen LogP contribution in [0, 0.1) is 0 Å². The van der Waals surface area contributed by atoms with E-state index in [1.165, 1.54) is 68.3 Å². The molecular weight excluding hydrogens is 452 g/mol. The molecule has 1 aromatic carbocycles. The lowest BCUT2D eigenvalue weighted by atomic mass is 9.84. The van der Waals surface area contributed by atoms with Gasteiger partial charge in [-0.25, -0.2) is 0 Å². The minimum atomic E-state index is -0.0886. The van der Waals surface area contributed by atoms with Crippen molar-refractivity contribution in [1.29, 1.82) is 0 Å². The molecule has 0 spiro atoms. The maximum atomic E-state index is 13.4. The molecular formula is C29H48N4OS. The quantitative estimate of drug-likeness (QED) is 0.225. The number of hydrogen-bond acceptors (Lipinski definition) is 5. The van der Waals surface area contributed by atoms with E-state index in [-0.39, 0.29) is 17.7 Å². The summed E-state index contributed by atoms with van der Waals surface area (Å²) in [6.07, 6.45) is 11.8. The van der Waals surface area contributed by atoms with Crippen molar-refractivity contribution >= 4 is 27.5 Å². The Bertz CT molecular complexity index is 875. The van der Waals surface area contributed by atoms with Crippen molar-refractivity contribution in [3.8, 4) is 0 Å². The Kier molecular flexibility index (Phi) is 12.7. The second kappa shape index (κ2) is 15.2. The number of hydrogen-bond donors (Lipinski definition) is 2. The fourth-order valence-electron chi connectivity index (χ4n) is 4.35. The van der Waals surface area contributed by atoms with Crippen LogP contribution >= 0.6 is 11.3 Å². The molecule has 5 nitrogen and oxygen atoms in total. The van der Waals surface area contributed by atoms with Crippen molar-refractivity contribution in [2.45, 2.75) is 124 Å². The van der Waals surface area contributed by atoms with Crippen LogP contribution in [0.15, 0.2) is 12.1 Å². The summed E-state index contributed by atoms with van der Waals surface area (Å²) in [4.78, 5) is 13.4. The lowest BCUT2D eigenvalue weighted by Gasteiger charge is -2.22. The van der Waals surface area contributed by atoms with Gasteiger partial charge in [-0.05, 0) is 40.9 Å². The highest BCUT2D eigenvalue weighted by molar-refractivity contribution is 7.19. The second-order valence-electron chi connectivity index (χ2n) is 10.7. The van der Waals surface area contributed by atoms with E-state index in [4.69, 9.17) is 0 Å². The molecule has 6 heteroatoms. The van der Waals surface area contributed by atoms with Gasteiger partial charge in [0.1, 0.15) is 0 Å². The van der Waals surface area contributed by atoms with E-state index in [0.717, 1.165) is 34.8 Å². The van der Waals surface area contributed by atoms with Crippen molar-refractivity contribution in [3.05, 3.63) is 34.4 Å². The molecule has 2 aromatic rings. The van der Waals surface area contributed by atoms with E-state index in [1.54, 1.807) is 0 Å². The summed E-state index contributed by atoms with van der Waals surface area (Å²) in [5.74, 6) is 0.851. The first-order valence-electron chi connectivity index (χ1n) is 13.8. The second-order valence-corrected chi connectivity index (χ2v) is 11.6. The highest BCUT2D eigenvalue weighted by Crippen LogP contribution is 2.33. The normalized spacial score (nSPS) is 11.6. The van der Waals surface area contributed by atoms with Gasteiger partial charge in [0.25, 0.3) is 5.91 Å². The van der Waals surface area contributed by atoms with E-state index in [9.17, 15) is 4.79 Å². The molecule has 2 N–H and O–H groups in total. The zero-order valence-corrected chi connectivity index (χ0v) is 24.0. The van der Waals surface area contributed by atoms with E-state index >= 15 is 0 Å². The summed E-state index contributed by atoms with van der Waals surface area (Å²) >= 11 is 1.41. The molecule has 1 heterocycles. The highest BCUT2D eigenvalue weighted by Gasteiger charge is 2.23. The number of carbonyl (C=O) groups excluding carboxylic acids is 1. The number of benzene rings is 1. The number of carbonyl (C=O) groups is 1. The van der Waals surface area contributed by atoms with Crippen LogP contribution in [0.25, 0.3) is 0 Å². The van der Waals surface area contributed by atoms with Crippen LogP contribution in [0.1, 0.15) is 151 Å².